The quantitative estimate of drug-likeness (QED) is 0.541. The Morgan fingerprint density at radius 3 is 2.05 bits per heavy atom. The zero-order valence-electron chi connectivity index (χ0n) is 10.9. The lowest BCUT2D eigenvalue weighted by atomic mass is 10.3. The Kier molecular flexibility index (Phi) is 8.46. The van der Waals surface area contributed by atoms with E-state index in [1.54, 1.807) is 24.3 Å². The van der Waals surface area contributed by atoms with Crippen LogP contribution in [-0.4, -0.2) is 18.1 Å². The molecule has 2 aromatic rings. The molecule has 0 spiro atoms. The predicted molar refractivity (Wildman–Crippen MR) is 91.5 cm³/mol. The summed E-state index contributed by atoms with van der Waals surface area (Å²) in [6.45, 7) is -0.626. The van der Waals surface area contributed by atoms with Gasteiger partial charge >= 0.3 is 0 Å². The molecule has 1 N–H and O–H groups in total. The fourth-order valence-electron chi connectivity index (χ4n) is 1.23. The van der Waals surface area contributed by atoms with Gasteiger partial charge < -0.3 is 9.84 Å². The summed E-state index contributed by atoms with van der Waals surface area (Å²) in [6, 6.07) is 9.63. The van der Waals surface area contributed by atoms with Crippen LogP contribution in [0.4, 0.5) is 8.78 Å². The number of alkyl halides is 2. The second-order valence-corrected chi connectivity index (χ2v) is 6.45. The summed E-state index contributed by atoms with van der Waals surface area (Å²) in [7, 11) is 0. The molecule has 0 atom stereocenters. The predicted octanol–water partition coefficient (Wildman–Crippen LogP) is 6.55. The normalized spacial score (nSPS) is 10.1. The van der Waals surface area contributed by atoms with Gasteiger partial charge in [0.15, 0.2) is 0 Å². The van der Waals surface area contributed by atoms with Crippen LogP contribution in [0.25, 0.3) is 0 Å². The van der Waals surface area contributed by atoms with Gasteiger partial charge in [0.1, 0.15) is 18.1 Å². The molecule has 2 nitrogen and oxygen atoms in total. The van der Waals surface area contributed by atoms with Gasteiger partial charge in [-0.15, -0.1) is 0 Å². The molecule has 0 aliphatic carbocycles. The van der Waals surface area contributed by atoms with Crippen LogP contribution >= 0.6 is 55.1 Å². The summed E-state index contributed by atoms with van der Waals surface area (Å²) in [6.07, 6.45) is -2.48. The van der Waals surface area contributed by atoms with E-state index in [0.29, 0.717) is 24.7 Å². The minimum absolute atomic E-state index is 0.169. The van der Waals surface area contributed by atoms with E-state index in [4.69, 9.17) is 33.0 Å². The maximum atomic E-state index is 11.8. The first-order valence-electron chi connectivity index (χ1n) is 5.79. The maximum Gasteiger partial charge on any atom is 0.272 e. The SMILES string of the molecule is FC(F)COc1cc(Cl)ccc1Br.Oc1cc(Cl)ccc1Br. The van der Waals surface area contributed by atoms with E-state index in [9.17, 15) is 8.78 Å². The lowest BCUT2D eigenvalue weighted by Crippen LogP contribution is -2.07. The molecule has 0 saturated heterocycles. The standard InChI is InChI=1S/C8H6BrClF2O.C6H4BrClO/c9-6-2-1-5(10)3-7(6)13-4-8(11)12;7-5-2-1-4(8)3-6(5)9/h1-3,8H,4H2;1-3,9H. The Hall–Kier alpha value is -0.560. The first-order chi connectivity index (χ1) is 10.3. The third kappa shape index (κ3) is 7.13. The van der Waals surface area contributed by atoms with Crippen LogP contribution in [-0.2, 0) is 0 Å². The minimum Gasteiger partial charge on any atom is -0.507 e. The Morgan fingerprint density at radius 2 is 1.55 bits per heavy atom. The Balaban J connectivity index is 0.000000235. The Labute approximate surface area is 153 Å². The van der Waals surface area contributed by atoms with E-state index in [1.807, 2.05) is 0 Å². The van der Waals surface area contributed by atoms with Crippen LogP contribution in [0, 0.1) is 0 Å². The summed E-state index contributed by atoms with van der Waals surface area (Å²) >= 11 is 17.5. The van der Waals surface area contributed by atoms with Gasteiger partial charge in [0, 0.05) is 10.0 Å². The van der Waals surface area contributed by atoms with Crippen molar-refractivity contribution in [3.05, 3.63) is 55.4 Å². The van der Waals surface area contributed by atoms with Crippen molar-refractivity contribution in [1.82, 2.24) is 0 Å². The highest BCUT2D eigenvalue weighted by molar-refractivity contribution is 9.10. The average Bonchev–Trinajstić information content (AvgIpc) is 2.45. The second kappa shape index (κ2) is 9.55. The zero-order chi connectivity index (χ0) is 16.7. The Bertz CT molecular complexity index is 628. The van der Waals surface area contributed by atoms with Gasteiger partial charge in [-0.2, -0.15) is 0 Å². The van der Waals surface area contributed by atoms with Crippen molar-refractivity contribution in [2.75, 3.05) is 6.61 Å². The molecule has 0 radical (unpaired) electrons. The second-order valence-electron chi connectivity index (χ2n) is 3.87. The number of rotatable bonds is 3. The molecule has 0 aliphatic heterocycles. The smallest absolute Gasteiger partial charge is 0.272 e. The third-order valence-electron chi connectivity index (χ3n) is 2.17. The molecule has 0 saturated carbocycles. The van der Waals surface area contributed by atoms with E-state index in [-0.39, 0.29) is 5.75 Å². The van der Waals surface area contributed by atoms with E-state index in [2.05, 4.69) is 31.9 Å². The first kappa shape index (κ1) is 19.5. The summed E-state index contributed by atoms with van der Waals surface area (Å²) in [5.41, 5.74) is 0. The average molecular weight is 479 g/mol. The fourth-order valence-corrected chi connectivity index (χ4v) is 2.16. The fraction of sp³-hybridized carbons (Fsp3) is 0.143. The number of hydrogen-bond donors (Lipinski definition) is 1. The molecule has 120 valence electrons. The van der Waals surface area contributed by atoms with Crippen molar-refractivity contribution in [2.24, 2.45) is 0 Å². The molecule has 0 heterocycles. The summed E-state index contributed by atoms with van der Waals surface area (Å²) in [5, 5.41) is 9.96. The highest BCUT2D eigenvalue weighted by atomic mass is 79.9. The highest BCUT2D eigenvalue weighted by Crippen LogP contribution is 2.28. The molecular weight excluding hydrogens is 469 g/mol. The third-order valence-corrected chi connectivity index (χ3v) is 3.96. The molecule has 2 aromatic carbocycles. The van der Waals surface area contributed by atoms with E-state index in [1.165, 1.54) is 12.1 Å². The number of benzene rings is 2. The molecule has 0 aliphatic rings. The molecule has 0 bridgehead atoms. The van der Waals surface area contributed by atoms with Crippen molar-refractivity contribution in [2.45, 2.75) is 6.43 Å². The van der Waals surface area contributed by atoms with Crippen LogP contribution in [0.1, 0.15) is 0 Å². The molecule has 2 rings (SSSR count). The number of ether oxygens (including phenoxy) is 1. The lowest BCUT2D eigenvalue weighted by Gasteiger charge is -2.07. The van der Waals surface area contributed by atoms with Gasteiger partial charge in [0.2, 0.25) is 0 Å². The maximum absolute atomic E-state index is 11.8. The van der Waals surface area contributed by atoms with Crippen molar-refractivity contribution in [1.29, 1.82) is 0 Å². The van der Waals surface area contributed by atoms with Gasteiger partial charge in [0.25, 0.3) is 6.43 Å². The molecular formula is C14H10Br2Cl2F2O2. The van der Waals surface area contributed by atoms with Crippen LogP contribution in [0.3, 0.4) is 0 Å². The van der Waals surface area contributed by atoms with Crippen molar-refractivity contribution < 1.29 is 18.6 Å². The van der Waals surface area contributed by atoms with Crippen LogP contribution in [0.5, 0.6) is 11.5 Å². The number of hydrogen-bond acceptors (Lipinski definition) is 2. The largest absolute Gasteiger partial charge is 0.507 e. The minimum atomic E-state index is -2.48. The van der Waals surface area contributed by atoms with E-state index in [0.717, 1.165) is 0 Å². The molecule has 8 heteroatoms. The molecule has 0 fully saturated rings. The van der Waals surface area contributed by atoms with Crippen molar-refractivity contribution in [3.8, 4) is 11.5 Å². The first-order valence-corrected chi connectivity index (χ1v) is 8.14. The van der Waals surface area contributed by atoms with Gasteiger partial charge in [-0.3, -0.25) is 0 Å². The summed E-state index contributed by atoms with van der Waals surface area (Å²) < 4.78 is 29.6. The van der Waals surface area contributed by atoms with Crippen LogP contribution in [0.15, 0.2) is 45.3 Å². The summed E-state index contributed by atoms with van der Waals surface area (Å²) in [5.74, 6) is 0.496. The highest BCUT2D eigenvalue weighted by Gasteiger charge is 2.06. The van der Waals surface area contributed by atoms with E-state index >= 15 is 0 Å². The number of phenols is 1. The Morgan fingerprint density at radius 1 is 1.00 bits per heavy atom. The zero-order valence-corrected chi connectivity index (χ0v) is 15.6. The molecule has 0 unspecified atom stereocenters. The van der Waals surface area contributed by atoms with Gasteiger partial charge in [-0.1, -0.05) is 23.2 Å². The van der Waals surface area contributed by atoms with Crippen LogP contribution < -0.4 is 4.74 Å². The number of phenolic OH excluding ortho intramolecular Hbond substituents is 1. The lowest BCUT2D eigenvalue weighted by molar-refractivity contribution is 0.0815. The van der Waals surface area contributed by atoms with Gasteiger partial charge in [-0.25, -0.2) is 8.78 Å². The summed E-state index contributed by atoms with van der Waals surface area (Å²) in [4.78, 5) is 0. The van der Waals surface area contributed by atoms with E-state index < -0.39 is 13.0 Å². The number of aromatic hydroxyl groups is 1. The van der Waals surface area contributed by atoms with Gasteiger partial charge in [-0.05, 0) is 68.3 Å². The molecule has 22 heavy (non-hydrogen) atoms. The monoisotopic (exact) mass is 476 g/mol. The van der Waals surface area contributed by atoms with Crippen molar-refractivity contribution in [3.63, 3.8) is 0 Å². The van der Waals surface area contributed by atoms with Crippen molar-refractivity contribution >= 4 is 55.1 Å². The molecule has 0 amide bonds. The topological polar surface area (TPSA) is 29.5 Å². The molecule has 0 aromatic heterocycles. The number of halogens is 6. The van der Waals surface area contributed by atoms with Gasteiger partial charge in [0.05, 0.1) is 8.95 Å². The van der Waals surface area contributed by atoms with Crippen LogP contribution in [0.2, 0.25) is 10.0 Å².